The first kappa shape index (κ1) is 13.2. The number of hydrogen-bond acceptors (Lipinski definition) is 3. The summed E-state index contributed by atoms with van der Waals surface area (Å²) in [4.78, 5) is 0. The molecule has 0 fully saturated rings. The fourth-order valence-corrected chi connectivity index (χ4v) is 2.00. The molecule has 80 valence electrons. The van der Waals surface area contributed by atoms with Crippen molar-refractivity contribution in [1.29, 1.82) is 0 Å². The maximum atomic E-state index is 11.1. The highest BCUT2D eigenvalue weighted by Gasteiger charge is 2.09. The van der Waals surface area contributed by atoms with Crippen LogP contribution in [0.4, 0.5) is 0 Å². The zero-order chi connectivity index (χ0) is 10.2. The average molecular weight is 229 g/mol. The van der Waals surface area contributed by atoms with E-state index in [9.17, 15) is 8.42 Å². The molecule has 0 unspecified atom stereocenters. The first-order chi connectivity index (χ1) is 6.12. The van der Waals surface area contributed by atoms with Crippen LogP contribution in [0.5, 0.6) is 0 Å². The molecule has 0 heterocycles. The molecule has 0 saturated carbocycles. The normalized spacial score (nSPS) is 11.8. The quantitative estimate of drug-likeness (QED) is 0.363. The van der Waals surface area contributed by atoms with Crippen LogP contribution in [-0.2, 0) is 14.3 Å². The van der Waals surface area contributed by atoms with Crippen molar-refractivity contribution in [2.45, 2.75) is 32.6 Å². The molecule has 0 rings (SSSR count). The van der Waals surface area contributed by atoms with Crippen molar-refractivity contribution in [3.05, 3.63) is 0 Å². The molecule has 0 saturated heterocycles. The topological polar surface area (TPSA) is 43.4 Å². The molecule has 0 aliphatic heterocycles. The lowest BCUT2D eigenvalue weighted by Gasteiger charge is -2.03. The van der Waals surface area contributed by atoms with Crippen LogP contribution in [0.1, 0.15) is 32.6 Å². The summed E-state index contributed by atoms with van der Waals surface area (Å²) in [6.07, 6.45) is 3.03. The van der Waals surface area contributed by atoms with E-state index in [4.69, 9.17) is 15.8 Å². The molecule has 0 amide bonds. The molecule has 0 radical (unpaired) electrons. The summed E-state index contributed by atoms with van der Waals surface area (Å²) < 4.78 is 27.0. The van der Waals surface area contributed by atoms with Gasteiger partial charge in [0.1, 0.15) is 0 Å². The van der Waals surface area contributed by atoms with Gasteiger partial charge >= 0.3 is 0 Å². The summed E-state index contributed by atoms with van der Waals surface area (Å²) >= 11 is 5.42. The van der Waals surface area contributed by atoms with Gasteiger partial charge < -0.3 is 0 Å². The van der Waals surface area contributed by atoms with Crippen molar-refractivity contribution in [2.75, 3.05) is 18.2 Å². The molecule has 5 heteroatoms. The Morgan fingerprint density at radius 1 is 1.23 bits per heavy atom. The Morgan fingerprint density at radius 3 is 2.46 bits per heavy atom. The smallest absolute Gasteiger partial charge is 0.267 e. The molecule has 0 aromatic carbocycles. The van der Waals surface area contributed by atoms with Crippen molar-refractivity contribution >= 4 is 21.7 Å². The van der Waals surface area contributed by atoms with Gasteiger partial charge in [-0.15, -0.1) is 11.6 Å². The molecular formula is C8H17ClO3S. The zero-order valence-electron chi connectivity index (χ0n) is 7.96. The minimum atomic E-state index is -3.28. The van der Waals surface area contributed by atoms with Gasteiger partial charge in [-0.25, -0.2) is 0 Å². The zero-order valence-corrected chi connectivity index (χ0v) is 9.53. The lowest BCUT2D eigenvalue weighted by atomic mass is 10.4. The van der Waals surface area contributed by atoms with E-state index >= 15 is 0 Å². The summed E-state index contributed by atoms with van der Waals surface area (Å²) in [7, 11) is -3.28. The SMILES string of the molecule is CCCCOS(=O)(=O)CCCCCl. The van der Waals surface area contributed by atoms with Gasteiger partial charge in [0, 0.05) is 5.88 Å². The Labute approximate surface area is 85.5 Å². The van der Waals surface area contributed by atoms with Crippen LogP contribution in [-0.4, -0.2) is 26.7 Å². The Morgan fingerprint density at radius 2 is 1.92 bits per heavy atom. The summed E-state index contributed by atoms with van der Waals surface area (Å²) in [5, 5.41) is 0. The predicted octanol–water partition coefficient (Wildman–Crippen LogP) is 2.15. The third kappa shape index (κ3) is 8.53. The minimum Gasteiger partial charge on any atom is -0.270 e. The highest BCUT2D eigenvalue weighted by atomic mass is 35.5. The van der Waals surface area contributed by atoms with Gasteiger partial charge in [0.25, 0.3) is 10.1 Å². The fourth-order valence-electron chi connectivity index (χ4n) is 0.762. The van der Waals surface area contributed by atoms with Crippen LogP contribution in [0, 0.1) is 0 Å². The van der Waals surface area contributed by atoms with Crippen molar-refractivity contribution in [2.24, 2.45) is 0 Å². The Hall–Kier alpha value is 0.200. The van der Waals surface area contributed by atoms with Gasteiger partial charge in [-0.05, 0) is 19.3 Å². The van der Waals surface area contributed by atoms with E-state index in [0.717, 1.165) is 19.3 Å². The standard InChI is InChI=1S/C8H17ClO3S/c1-2-3-7-12-13(10,11)8-5-4-6-9/h2-8H2,1H3. The second-order valence-electron chi connectivity index (χ2n) is 2.83. The maximum Gasteiger partial charge on any atom is 0.267 e. The largest absolute Gasteiger partial charge is 0.270 e. The van der Waals surface area contributed by atoms with Gasteiger partial charge in [-0.2, -0.15) is 8.42 Å². The van der Waals surface area contributed by atoms with Crippen LogP contribution in [0.3, 0.4) is 0 Å². The number of hydrogen-bond donors (Lipinski definition) is 0. The van der Waals surface area contributed by atoms with Crippen LogP contribution in [0.15, 0.2) is 0 Å². The van der Waals surface area contributed by atoms with Crippen molar-refractivity contribution in [3.8, 4) is 0 Å². The average Bonchev–Trinajstić information content (AvgIpc) is 2.05. The Bertz CT molecular complexity index is 185. The second-order valence-corrected chi connectivity index (χ2v) is 4.97. The molecule has 0 atom stereocenters. The molecule has 3 nitrogen and oxygen atoms in total. The summed E-state index contributed by atoms with van der Waals surface area (Å²) in [6.45, 7) is 2.29. The van der Waals surface area contributed by atoms with Gasteiger partial charge in [0.2, 0.25) is 0 Å². The third-order valence-corrected chi connectivity index (χ3v) is 3.12. The summed E-state index contributed by atoms with van der Waals surface area (Å²) in [5.41, 5.74) is 0. The first-order valence-corrected chi connectivity index (χ1v) is 6.66. The number of rotatable bonds is 8. The van der Waals surface area contributed by atoms with Crippen molar-refractivity contribution in [3.63, 3.8) is 0 Å². The van der Waals surface area contributed by atoms with Crippen LogP contribution in [0.2, 0.25) is 0 Å². The molecule has 13 heavy (non-hydrogen) atoms. The fraction of sp³-hybridized carbons (Fsp3) is 1.00. The number of halogens is 1. The van der Waals surface area contributed by atoms with Gasteiger partial charge in [-0.3, -0.25) is 4.18 Å². The van der Waals surface area contributed by atoms with Crippen LogP contribution < -0.4 is 0 Å². The molecule has 0 aliphatic rings. The van der Waals surface area contributed by atoms with Crippen molar-refractivity contribution in [1.82, 2.24) is 0 Å². The Kier molecular flexibility index (Phi) is 7.71. The molecule has 0 aromatic rings. The number of unbranched alkanes of at least 4 members (excludes halogenated alkanes) is 2. The third-order valence-electron chi connectivity index (χ3n) is 1.54. The Balaban J connectivity index is 3.55. The summed E-state index contributed by atoms with van der Waals surface area (Å²) in [6, 6.07) is 0. The van der Waals surface area contributed by atoms with E-state index in [1.54, 1.807) is 0 Å². The van der Waals surface area contributed by atoms with Crippen molar-refractivity contribution < 1.29 is 12.6 Å². The van der Waals surface area contributed by atoms with E-state index < -0.39 is 10.1 Å². The van der Waals surface area contributed by atoms with Crippen LogP contribution in [0.25, 0.3) is 0 Å². The molecule has 0 bridgehead atoms. The van der Waals surface area contributed by atoms with Gasteiger partial charge in [-0.1, -0.05) is 13.3 Å². The van der Waals surface area contributed by atoms with Gasteiger partial charge in [0.15, 0.2) is 0 Å². The molecular weight excluding hydrogens is 212 g/mol. The highest BCUT2D eigenvalue weighted by Crippen LogP contribution is 2.01. The van der Waals surface area contributed by atoms with E-state index in [1.165, 1.54) is 0 Å². The lowest BCUT2D eigenvalue weighted by Crippen LogP contribution is -2.11. The highest BCUT2D eigenvalue weighted by molar-refractivity contribution is 7.86. The number of alkyl halides is 1. The molecule has 0 aliphatic carbocycles. The van der Waals surface area contributed by atoms with E-state index in [0.29, 0.717) is 18.9 Å². The molecule has 0 spiro atoms. The molecule has 0 N–H and O–H groups in total. The maximum absolute atomic E-state index is 11.1. The van der Waals surface area contributed by atoms with E-state index in [1.807, 2.05) is 6.92 Å². The van der Waals surface area contributed by atoms with E-state index in [-0.39, 0.29) is 5.75 Å². The second kappa shape index (κ2) is 7.59. The van der Waals surface area contributed by atoms with E-state index in [2.05, 4.69) is 0 Å². The van der Waals surface area contributed by atoms with Gasteiger partial charge in [0.05, 0.1) is 12.4 Å². The first-order valence-electron chi connectivity index (χ1n) is 4.55. The monoisotopic (exact) mass is 228 g/mol. The van der Waals surface area contributed by atoms with Crippen LogP contribution >= 0.6 is 11.6 Å². The minimum absolute atomic E-state index is 0.0867. The summed E-state index contributed by atoms with van der Waals surface area (Å²) in [5.74, 6) is 0.591. The lowest BCUT2D eigenvalue weighted by molar-refractivity contribution is 0.310. The molecule has 0 aromatic heterocycles. The predicted molar refractivity (Wildman–Crippen MR) is 54.6 cm³/mol.